The molecule has 0 aliphatic carbocycles. The number of nitrogens with one attached hydrogen (secondary N) is 2. The van der Waals surface area contributed by atoms with Crippen molar-refractivity contribution < 1.29 is 23.9 Å². The summed E-state index contributed by atoms with van der Waals surface area (Å²) in [5.41, 5.74) is 3.80. The first-order chi connectivity index (χ1) is 17.4. The van der Waals surface area contributed by atoms with Crippen LogP contribution in [-0.2, 0) is 23.9 Å². The van der Waals surface area contributed by atoms with E-state index in [4.69, 9.17) is 10.5 Å². The van der Waals surface area contributed by atoms with Gasteiger partial charge in [-0.15, -0.1) is 0 Å². The van der Waals surface area contributed by atoms with Crippen LogP contribution in [0.25, 0.3) is 0 Å². The molecule has 0 aliphatic rings. The Hall–Kier alpha value is -2.42. The molecule has 0 aromatic heterocycles. The summed E-state index contributed by atoms with van der Waals surface area (Å²) in [6, 6.07) is -1.28. The molecule has 0 rings (SSSR count). The van der Waals surface area contributed by atoms with Gasteiger partial charge in [-0.1, -0.05) is 68.4 Å². The molecule has 0 saturated heterocycles. The maximum atomic E-state index is 13.9. The molecule has 0 aliphatic heterocycles. The summed E-state index contributed by atoms with van der Waals surface area (Å²) in [4.78, 5) is 54.6. The molecular formula is C29H54N4O5. The molecule has 4 N–H and O–H groups in total. The number of nitrogens with two attached hydrogens (primary N) is 1. The summed E-state index contributed by atoms with van der Waals surface area (Å²) in [7, 11) is 1.67. The first-order valence-electron chi connectivity index (χ1n) is 14.0. The third-order valence-electron chi connectivity index (χ3n) is 7.59. The molecular weight excluding hydrogens is 484 g/mol. The van der Waals surface area contributed by atoms with E-state index in [1.165, 1.54) is 0 Å². The number of carbonyl (C=O) groups is 4. The zero-order valence-electron chi connectivity index (χ0n) is 25.9. The topological polar surface area (TPSA) is 131 Å². The summed E-state index contributed by atoms with van der Waals surface area (Å²) in [6.07, 6.45) is 3.28. The summed E-state index contributed by atoms with van der Waals surface area (Å²) >= 11 is 0. The smallest absolute Gasteiger partial charge is 0.333 e. The fraction of sp³-hybridized carbons (Fsp3) is 0.793. The normalized spacial score (nSPS) is 14.5. The lowest BCUT2D eigenvalue weighted by molar-refractivity contribution is -0.143. The number of esters is 1. The van der Waals surface area contributed by atoms with Crippen LogP contribution in [0.3, 0.4) is 0 Å². The molecule has 0 spiro atoms. The number of nitrogens with zero attached hydrogens (tertiary/aromatic N) is 1. The summed E-state index contributed by atoms with van der Waals surface area (Å²) in [5, 5.41) is 5.89. The van der Waals surface area contributed by atoms with E-state index < -0.39 is 40.5 Å². The second-order valence-electron chi connectivity index (χ2n) is 11.6. The van der Waals surface area contributed by atoms with Gasteiger partial charge in [0.15, 0.2) is 0 Å². The van der Waals surface area contributed by atoms with Gasteiger partial charge in [0.25, 0.3) is 0 Å². The fourth-order valence-electron chi connectivity index (χ4n) is 4.31. The van der Waals surface area contributed by atoms with E-state index in [2.05, 4.69) is 10.6 Å². The molecule has 0 bridgehead atoms. The molecule has 3 amide bonds. The number of likely N-dealkylation sites (N-methyl/N-ethyl adjacent to an activating group) is 1. The molecule has 0 aromatic carbocycles. The van der Waals surface area contributed by atoms with Crippen molar-refractivity contribution in [3.63, 3.8) is 0 Å². The van der Waals surface area contributed by atoms with Crippen molar-refractivity contribution >= 4 is 23.7 Å². The maximum absolute atomic E-state index is 13.9. The van der Waals surface area contributed by atoms with Gasteiger partial charge in [-0.2, -0.15) is 0 Å². The van der Waals surface area contributed by atoms with Crippen LogP contribution in [0.15, 0.2) is 11.6 Å². The van der Waals surface area contributed by atoms with Gasteiger partial charge < -0.3 is 26.0 Å². The van der Waals surface area contributed by atoms with Gasteiger partial charge in [-0.05, 0) is 50.9 Å². The lowest BCUT2D eigenvalue weighted by atomic mass is 9.83. The standard InChI is InChI=1S/C29H54N4O5/c1-13-28(30,14-2)25(36)32-29(15-3,16-4)26(37)31-22(27(9,10)11)23(34)33(12)21(19(6)7)18-20(8)24(35)38-17-5/h18-19,21-22H,13-17,30H2,1-12H3,(H,31,37)(H,32,36)/b20-18+. The number of ether oxygens (including phenoxy) is 1. The van der Waals surface area contributed by atoms with Gasteiger partial charge >= 0.3 is 5.97 Å². The predicted molar refractivity (Wildman–Crippen MR) is 152 cm³/mol. The van der Waals surface area contributed by atoms with Gasteiger partial charge in [0.05, 0.1) is 18.2 Å². The monoisotopic (exact) mass is 538 g/mol. The molecule has 9 nitrogen and oxygen atoms in total. The van der Waals surface area contributed by atoms with E-state index in [9.17, 15) is 19.2 Å². The van der Waals surface area contributed by atoms with E-state index >= 15 is 0 Å². The summed E-state index contributed by atoms with van der Waals surface area (Å²) < 4.78 is 5.10. The number of hydrogen-bond donors (Lipinski definition) is 3. The van der Waals surface area contributed by atoms with Crippen LogP contribution in [-0.4, -0.2) is 65.4 Å². The Morgan fingerprint density at radius 1 is 0.921 bits per heavy atom. The number of carbonyl (C=O) groups excluding carboxylic acids is 4. The lowest BCUT2D eigenvalue weighted by Crippen LogP contribution is -2.67. The largest absolute Gasteiger partial charge is 0.463 e. The third-order valence-corrected chi connectivity index (χ3v) is 7.59. The highest BCUT2D eigenvalue weighted by Gasteiger charge is 2.45. The molecule has 2 unspecified atom stereocenters. The van der Waals surface area contributed by atoms with Crippen LogP contribution in [0.4, 0.5) is 0 Å². The lowest BCUT2D eigenvalue weighted by Gasteiger charge is -2.41. The van der Waals surface area contributed by atoms with E-state index in [0.29, 0.717) is 31.3 Å². The molecule has 0 radical (unpaired) electrons. The molecule has 9 heteroatoms. The van der Waals surface area contributed by atoms with E-state index in [-0.39, 0.29) is 24.3 Å². The molecule has 0 heterocycles. The first-order valence-corrected chi connectivity index (χ1v) is 14.0. The quantitative estimate of drug-likeness (QED) is 0.228. The van der Waals surface area contributed by atoms with E-state index in [0.717, 1.165) is 0 Å². The molecule has 0 fully saturated rings. The van der Waals surface area contributed by atoms with Gasteiger partial charge in [0.1, 0.15) is 11.6 Å². The van der Waals surface area contributed by atoms with Crippen LogP contribution in [0, 0.1) is 11.3 Å². The Bertz CT molecular complexity index is 852. The Balaban J connectivity index is 6.28. The third kappa shape index (κ3) is 8.82. The maximum Gasteiger partial charge on any atom is 0.333 e. The molecule has 38 heavy (non-hydrogen) atoms. The van der Waals surface area contributed by atoms with Gasteiger partial charge in [0.2, 0.25) is 17.7 Å². The molecule has 220 valence electrons. The zero-order valence-corrected chi connectivity index (χ0v) is 25.9. The molecule has 0 aromatic rings. The minimum Gasteiger partial charge on any atom is -0.463 e. The van der Waals surface area contributed by atoms with Crippen LogP contribution in [0.2, 0.25) is 0 Å². The predicted octanol–water partition coefficient (Wildman–Crippen LogP) is 3.70. The van der Waals surface area contributed by atoms with Crippen molar-refractivity contribution in [2.75, 3.05) is 13.7 Å². The first kappa shape index (κ1) is 35.6. The molecule has 0 saturated carbocycles. The molecule has 2 atom stereocenters. The van der Waals surface area contributed by atoms with Crippen LogP contribution in [0.1, 0.15) is 102 Å². The van der Waals surface area contributed by atoms with Gasteiger partial charge in [-0.25, -0.2) is 4.79 Å². The summed E-state index contributed by atoms with van der Waals surface area (Å²) in [6.45, 7) is 20.6. The average Bonchev–Trinajstić information content (AvgIpc) is 2.86. The van der Waals surface area contributed by atoms with Crippen molar-refractivity contribution in [1.29, 1.82) is 0 Å². The number of hydrogen-bond acceptors (Lipinski definition) is 6. The number of amides is 3. The minimum absolute atomic E-state index is 0.00456. The van der Waals surface area contributed by atoms with E-state index in [1.807, 2.05) is 62.3 Å². The van der Waals surface area contributed by atoms with Gasteiger partial charge in [0, 0.05) is 12.6 Å². The van der Waals surface area contributed by atoms with Crippen molar-refractivity contribution in [2.45, 2.75) is 125 Å². The van der Waals surface area contributed by atoms with Gasteiger partial charge in [-0.3, -0.25) is 14.4 Å². The summed E-state index contributed by atoms with van der Waals surface area (Å²) in [5.74, 6) is -1.53. The van der Waals surface area contributed by atoms with Crippen molar-refractivity contribution in [3.05, 3.63) is 11.6 Å². The Kier molecular flexibility index (Phi) is 13.7. The zero-order chi connectivity index (χ0) is 30.1. The van der Waals surface area contributed by atoms with Crippen molar-refractivity contribution in [3.8, 4) is 0 Å². The SMILES string of the molecule is CCOC(=O)/C(C)=C/C(C(C)C)N(C)C(=O)C(NC(=O)C(CC)(CC)NC(=O)C(N)(CC)CC)C(C)(C)C. The Morgan fingerprint density at radius 2 is 1.42 bits per heavy atom. The average molecular weight is 539 g/mol. The Morgan fingerprint density at radius 3 is 1.79 bits per heavy atom. The highest BCUT2D eigenvalue weighted by molar-refractivity contribution is 5.97. The second-order valence-corrected chi connectivity index (χ2v) is 11.6. The highest BCUT2D eigenvalue weighted by Crippen LogP contribution is 2.26. The van der Waals surface area contributed by atoms with Crippen LogP contribution in [0.5, 0.6) is 0 Å². The van der Waals surface area contributed by atoms with E-state index in [1.54, 1.807) is 31.9 Å². The van der Waals surface area contributed by atoms with Crippen LogP contribution < -0.4 is 16.4 Å². The van der Waals surface area contributed by atoms with Crippen molar-refractivity contribution in [1.82, 2.24) is 15.5 Å². The number of rotatable bonds is 14. The van der Waals surface area contributed by atoms with Crippen molar-refractivity contribution in [2.24, 2.45) is 17.1 Å². The van der Waals surface area contributed by atoms with Crippen LogP contribution >= 0.6 is 0 Å². The second kappa shape index (κ2) is 14.7. The minimum atomic E-state index is -1.22. The Labute approximate surface area is 230 Å². The fourth-order valence-corrected chi connectivity index (χ4v) is 4.31. The highest BCUT2D eigenvalue weighted by atomic mass is 16.5.